The van der Waals surface area contributed by atoms with Crippen molar-refractivity contribution in [1.29, 1.82) is 0 Å². The van der Waals surface area contributed by atoms with Gasteiger partial charge in [-0.3, -0.25) is 0 Å². The molecule has 60 valence electrons. The fourth-order valence-electron chi connectivity index (χ4n) is 0.485. The number of aromatic nitrogens is 2. The van der Waals surface area contributed by atoms with Gasteiger partial charge in [0.2, 0.25) is 5.89 Å². The largest absolute Gasteiger partial charge is 0.453 e. The molecule has 0 fully saturated rings. The molecule has 0 aliphatic rings. The zero-order chi connectivity index (χ0) is 8.27. The zero-order valence-electron chi connectivity index (χ0n) is 6.12. The fourth-order valence-corrected chi connectivity index (χ4v) is 0.485. The van der Waals surface area contributed by atoms with E-state index in [0.717, 1.165) is 0 Å². The summed E-state index contributed by atoms with van der Waals surface area (Å²) < 4.78 is 9.11. The molecule has 0 atom stereocenters. The molecule has 0 bridgehead atoms. The third kappa shape index (κ3) is 1.92. The van der Waals surface area contributed by atoms with Gasteiger partial charge in [0.1, 0.15) is 0 Å². The number of ether oxygens (including phenoxy) is 1. The highest BCUT2D eigenvalue weighted by Gasteiger charge is 2.05. The van der Waals surface area contributed by atoms with Crippen LogP contribution in [0.5, 0.6) is 0 Å². The van der Waals surface area contributed by atoms with Crippen molar-refractivity contribution in [3.63, 3.8) is 0 Å². The molecule has 0 spiro atoms. The maximum absolute atomic E-state index is 10.5. The highest BCUT2D eigenvalue weighted by Crippen LogP contribution is 2.03. The Bertz CT molecular complexity index is 257. The Labute approximate surface area is 62.6 Å². The summed E-state index contributed by atoms with van der Waals surface area (Å²) in [7, 11) is 1.25. The lowest BCUT2D eigenvalue weighted by Crippen LogP contribution is -2.10. The zero-order valence-corrected chi connectivity index (χ0v) is 6.12. The number of hydrogen-bond acceptors (Lipinski definition) is 5. The van der Waals surface area contributed by atoms with E-state index in [1.165, 1.54) is 7.11 Å². The first kappa shape index (κ1) is 7.52. The van der Waals surface area contributed by atoms with Gasteiger partial charge in [0.15, 0.2) is 0 Å². The molecule has 1 N–H and O–H groups in total. The van der Waals surface area contributed by atoms with Crippen molar-refractivity contribution in [1.82, 2.24) is 10.2 Å². The van der Waals surface area contributed by atoms with E-state index in [0.29, 0.717) is 5.89 Å². The van der Waals surface area contributed by atoms with Gasteiger partial charge in [0.05, 0.1) is 7.11 Å². The van der Waals surface area contributed by atoms with E-state index >= 15 is 0 Å². The van der Waals surface area contributed by atoms with Crippen LogP contribution in [0.1, 0.15) is 5.89 Å². The molecule has 0 radical (unpaired) electrons. The van der Waals surface area contributed by atoms with Crippen molar-refractivity contribution in [2.45, 2.75) is 6.92 Å². The van der Waals surface area contributed by atoms with Gasteiger partial charge < -0.3 is 9.15 Å². The molecule has 11 heavy (non-hydrogen) atoms. The van der Waals surface area contributed by atoms with E-state index in [1.54, 1.807) is 6.92 Å². The highest BCUT2D eigenvalue weighted by atomic mass is 16.5. The number of nitrogens with zero attached hydrogens (tertiary/aromatic N) is 2. The molecular formula is C5H7N3O3. The number of aryl methyl sites for hydroxylation is 1. The molecule has 0 unspecified atom stereocenters. The van der Waals surface area contributed by atoms with Gasteiger partial charge in [-0.1, -0.05) is 5.10 Å². The number of carbonyl (C=O) groups excluding carboxylic acids is 1. The Hall–Kier alpha value is -1.59. The van der Waals surface area contributed by atoms with Gasteiger partial charge in [-0.15, -0.1) is 5.10 Å². The summed E-state index contributed by atoms with van der Waals surface area (Å²) in [4.78, 5) is 10.5. The molecule has 0 saturated heterocycles. The first-order chi connectivity index (χ1) is 5.22. The van der Waals surface area contributed by atoms with Gasteiger partial charge in [-0.25, -0.2) is 10.1 Å². The third-order valence-corrected chi connectivity index (χ3v) is 0.920. The second-order valence-electron chi connectivity index (χ2n) is 1.74. The monoisotopic (exact) mass is 157 g/mol. The number of carbonyl (C=O) groups is 1. The van der Waals surface area contributed by atoms with Crippen LogP contribution in [0, 0.1) is 6.92 Å². The van der Waals surface area contributed by atoms with Crippen molar-refractivity contribution in [2.24, 2.45) is 0 Å². The maximum atomic E-state index is 10.5. The number of hydrogen-bond donors (Lipinski definition) is 1. The van der Waals surface area contributed by atoms with Crippen molar-refractivity contribution in [2.75, 3.05) is 12.4 Å². The van der Waals surface area contributed by atoms with Crippen molar-refractivity contribution >= 4 is 12.1 Å². The quantitative estimate of drug-likeness (QED) is 0.644. The van der Waals surface area contributed by atoms with E-state index in [9.17, 15) is 4.79 Å². The van der Waals surface area contributed by atoms with Crippen LogP contribution >= 0.6 is 0 Å². The number of anilines is 1. The Morgan fingerprint density at radius 2 is 2.36 bits per heavy atom. The minimum Gasteiger partial charge on any atom is -0.453 e. The Balaban J connectivity index is 2.57. The van der Waals surface area contributed by atoms with Crippen LogP contribution in [0.15, 0.2) is 4.42 Å². The summed E-state index contributed by atoms with van der Waals surface area (Å²) >= 11 is 0. The summed E-state index contributed by atoms with van der Waals surface area (Å²) in [6, 6.07) is 0.0364. The first-order valence-corrected chi connectivity index (χ1v) is 2.87. The number of methoxy groups -OCH3 is 1. The first-order valence-electron chi connectivity index (χ1n) is 2.87. The second kappa shape index (κ2) is 3.00. The minimum absolute atomic E-state index is 0.0364. The third-order valence-electron chi connectivity index (χ3n) is 0.920. The van der Waals surface area contributed by atoms with Crippen molar-refractivity contribution < 1.29 is 13.9 Å². The van der Waals surface area contributed by atoms with E-state index in [2.05, 4.69) is 20.3 Å². The van der Waals surface area contributed by atoms with Crippen LogP contribution in [0.4, 0.5) is 10.8 Å². The van der Waals surface area contributed by atoms with Crippen molar-refractivity contribution in [3.8, 4) is 0 Å². The lowest BCUT2D eigenvalue weighted by molar-refractivity contribution is 0.186. The fraction of sp³-hybridized carbons (Fsp3) is 0.400. The molecule has 1 amide bonds. The molecule has 0 saturated carbocycles. The summed E-state index contributed by atoms with van der Waals surface area (Å²) in [6.45, 7) is 1.62. The van der Waals surface area contributed by atoms with Gasteiger partial charge in [0.25, 0.3) is 0 Å². The maximum Gasteiger partial charge on any atom is 0.415 e. The van der Waals surface area contributed by atoms with Crippen LogP contribution in [0.25, 0.3) is 0 Å². The lowest BCUT2D eigenvalue weighted by atomic mass is 10.8. The number of rotatable bonds is 1. The summed E-state index contributed by atoms with van der Waals surface area (Å²) in [5.41, 5.74) is 0. The van der Waals surface area contributed by atoms with E-state index in [-0.39, 0.29) is 6.01 Å². The molecule has 0 aromatic carbocycles. The Morgan fingerprint density at radius 1 is 1.64 bits per heavy atom. The average Bonchev–Trinajstić information content (AvgIpc) is 2.35. The van der Waals surface area contributed by atoms with Gasteiger partial charge in [0, 0.05) is 6.92 Å². The molecule has 1 aromatic rings. The Morgan fingerprint density at radius 3 is 2.82 bits per heavy atom. The normalized spacial score (nSPS) is 9.27. The molecule has 6 nitrogen and oxygen atoms in total. The molecule has 1 aromatic heterocycles. The summed E-state index contributed by atoms with van der Waals surface area (Å²) in [6.07, 6.45) is -0.631. The number of amides is 1. The van der Waals surface area contributed by atoms with Crippen LogP contribution in [-0.2, 0) is 4.74 Å². The topological polar surface area (TPSA) is 77.2 Å². The average molecular weight is 157 g/mol. The number of nitrogens with one attached hydrogen (secondary N) is 1. The lowest BCUT2D eigenvalue weighted by Gasteiger charge is -1.94. The molecule has 1 rings (SSSR count). The minimum atomic E-state index is -0.631. The van der Waals surface area contributed by atoms with Crippen LogP contribution in [0.2, 0.25) is 0 Å². The van der Waals surface area contributed by atoms with Crippen LogP contribution < -0.4 is 5.32 Å². The standard InChI is InChI=1S/C5H7N3O3/c1-3-7-8-4(11-3)6-5(9)10-2/h1-2H3,(H,6,8,9). The second-order valence-corrected chi connectivity index (χ2v) is 1.74. The van der Waals surface area contributed by atoms with Gasteiger partial charge in [-0.05, 0) is 0 Å². The molecule has 6 heteroatoms. The molecule has 0 aliphatic heterocycles. The van der Waals surface area contributed by atoms with Crippen molar-refractivity contribution in [3.05, 3.63) is 5.89 Å². The van der Waals surface area contributed by atoms with E-state index in [1.807, 2.05) is 0 Å². The Kier molecular flexibility index (Phi) is 2.05. The van der Waals surface area contributed by atoms with E-state index in [4.69, 9.17) is 4.42 Å². The summed E-state index contributed by atoms with van der Waals surface area (Å²) in [5, 5.41) is 9.20. The van der Waals surface area contributed by atoms with Crippen LogP contribution in [-0.4, -0.2) is 23.4 Å². The van der Waals surface area contributed by atoms with E-state index < -0.39 is 6.09 Å². The molecule has 0 aliphatic carbocycles. The predicted octanol–water partition coefficient (Wildman–Crippen LogP) is 0.556. The van der Waals surface area contributed by atoms with Gasteiger partial charge >= 0.3 is 12.1 Å². The van der Waals surface area contributed by atoms with Gasteiger partial charge in [-0.2, -0.15) is 0 Å². The SMILES string of the molecule is COC(=O)Nc1nnc(C)o1. The smallest absolute Gasteiger partial charge is 0.415 e. The summed E-state index contributed by atoms with van der Waals surface area (Å²) in [5.74, 6) is 0.386. The van der Waals surface area contributed by atoms with Crippen LogP contribution in [0.3, 0.4) is 0 Å². The molecule has 1 heterocycles. The molecular weight excluding hydrogens is 150 g/mol. The highest BCUT2D eigenvalue weighted by molar-refractivity contribution is 5.81. The predicted molar refractivity (Wildman–Crippen MR) is 35.1 cm³/mol.